The third-order valence-corrected chi connectivity index (χ3v) is 13.6. The first kappa shape index (κ1) is 27.6. The molecule has 0 saturated heterocycles. The highest BCUT2D eigenvalue weighted by Gasteiger charge is 2.31. The SMILES string of the molecule is O=C(c1ccc(P(=O)(c2ccccc2)c2ccccc2)cc1)c1ccc(P(=O)(c2ccccc2)c2ccccc2)cc1. The Morgan fingerprint density at radius 2 is 0.524 bits per heavy atom. The zero-order chi connectivity index (χ0) is 29.0. The van der Waals surface area contributed by atoms with Crippen LogP contribution < -0.4 is 31.8 Å². The molecule has 0 spiro atoms. The van der Waals surface area contributed by atoms with Gasteiger partial charge in [0.25, 0.3) is 0 Å². The minimum absolute atomic E-state index is 0.156. The van der Waals surface area contributed by atoms with Crippen LogP contribution in [0.15, 0.2) is 170 Å². The Morgan fingerprint density at radius 1 is 0.310 bits per heavy atom. The maximum Gasteiger partial charge on any atom is 0.193 e. The van der Waals surface area contributed by atoms with E-state index in [4.69, 9.17) is 0 Å². The number of ketones is 1. The fourth-order valence-electron chi connectivity index (χ4n) is 5.26. The largest absolute Gasteiger partial charge is 0.309 e. The fourth-order valence-corrected chi connectivity index (χ4v) is 10.6. The summed E-state index contributed by atoms with van der Waals surface area (Å²) in [5.74, 6) is -0.156. The lowest BCUT2D eigenvalue weighted by Gasteiger charge is -2.20. The summed E-state index contributed by atoms with van der Waals surface area (Å²) in [7, 11) is -6.25. The van der Waals surface area contributed by atoms with Crippen LogP contribution in [0.4, 0.5) is 0 Å². The van der Waals surface area contributed by atoms with Gasteiger partial charge < -0.3 is 9.13 Å². The molecule has 0 aliphatic rings. The molecule has 0 aliphatic heterocycles. The molecule has 204 valence electrons. The van der Waals surface area contributed by atoms with Gasteiger partial charge in [-0.3, -0.25) is 4.79 Å². The van der Waals surface area contributed by atoms with Crippen molar-refractivity contribution in [1.82, 2.24) is 0 Å². The lowest BCUT2D eigenvalue weighted by molar-refractivity contribution is 0.103. The zero-order valence-corrected chi connectivity index (χ0v) is 24.6. The maximum absolute atomic E-state index is 14.6. The summed E-state index contributed by atoms with van der Waals surface area (Å²) in [6.07, 6.45) is 0. The van der Waals surface area contributed by atoms with Gasteiger partial charge in [-0.25, -0.2) is 0 Å². The predicted molar refractivity (Wildman–Crippen MR) is 175 cm³/mol. The summed E-state index contributed by atoms with van der Waals surface area (Å²) >= 11 is 0. The molecule has 0 heterocycles. The molecule has 0 radical (unpaired) electrons. The van der Waals surface area contributed by atoms with E-state index in [9.17, 15) is 13.9 Å². The summed E-state index contributed by atoms with van der Waals surface area (Å²) in [5, 5.41) is 4.30. The summed E-state index contributed by atoms with van der Waals surface area (Å²) in [5.41, 5.74) is 0.988. The minimum atomic E-state index is -3.12. The fraction of sp³-hybridized carbons (Fsp3) is 0. The Balaban J connectivity index is 1.33. The molecule has 0 amide bonds. The zero-order valence-electron chi connectivity index (χ0n) is 22.8. The molecule has 6 rings (SSSR count). The van der Waals surface area contributed by atoms with Crippen molar-refractivity contribution in [2.45, 2.75) is 0 Å². The number of carbonyl (C=O) groups is 1. The van der Waals surface area contributed by atoms with Gasteiger partial charge in [0.05, 0.1) is 0 Å². The van der Waals surface area contributed by atoms with Crippen molar-refractivity contribution in [2.24, 2.45) is 0 Å². The quantitative estimate of drug-likeness (QED) is 0.159. The lowest BCUT2D eigenvalue weighted by atomic mass is 10.0. The number of carbonyl (C=O) groups excluding carboxylic acids is 1. The van der Waals surface area contributed by atoms with Crippen molar-refractivity contribution < 1.29 is 13.9 Å². The van der Waals surface area contributed by atoms with Gasteiger partial charge in [-0.15, -0.1) is 0 Å². The van der Waals surface area contributed by atoms with E-state index in [1.165, 1.54) is 0 Å². The molecule has 0 bridgehead atoms. The summed E-state index contributed by atoms with van der Waals surface area (Å²) in [6, 6.07) is 52.0. The van der Waals surface area contributed by atoms with Gasteiger partial charge in [0.1, 0.15) is 0 Å². The van der Waals surface area contributed by atoms with Gasteiger partial charge in [0.2, 0.25) is 0 Å². The van der Waals surface area contributed by atoms with Crippen molar-refractivity contribution in [3.05, 3.63) is 181 Å². The molecule has 0 fully saturated rings. The first-order chi connectivity index (χ1) is 20.5. The average molecular weight is 583 g/mol. The molecule has 0 saturated carbocycles. The van der Waals surface area contributed by atoms with E-state index < -0.39 is 14.3 Å². The first-order valence-electron chi connectivity index (χ1n) is 13.7. The van der Waals surface area contributed by atoms with E-state index in [0.717, 1.165) is 21.2 Å². The van der Waals surface area contributed by atoms with E-state index in [-0.39, 0.29) is 5.78 Å². The van der Waals surface area contributed by atoms with Crippen molar-refractivity contribution >= 4 is 51.9 Å². The second kappa shape index (κ2) is 11.7. The second-order valence-corrected chi connectivity index (χ2v) is 15.5. The van der Waals surface area contributed by atoms with Crippen molar-refractivity contribution in [2.75, 3.05) is 0 Å². The Kier molecular flexibility index (Phi) is 7.72. The summed E-state index contributed by atoms with van der Waals surface area (Å²) < 4.78 is 29.2. The number of hydrogen-bond acceptors (Lipinski definition) is 3. The summed E-state index contributed by atoms with van der Waals surface area (Å²) in [6.45, 7) is 0. The highest BCUT2D eigenvalue weighted by atomic mass is 31.2. The van der Waals surface area contributed by atoms with E-state index in [0.29, 0.717) is 21.7 Å². The van der Waals surface area contributed by atoms with E-state index in [1.54, 1.807) is 48.5 Å². The Labute approximate surface area is 246 Å². The van der Waals surface area contributed by atoms with Gasteiger partial charge in [-0.2, -0.15) is 0 Å². The molecule has 0 aromatic heterocycles. The molecular weight excluding hydrogens is 554 g/mol. The Bertz CT molecular complexity index is 1670. The van der Waals surface area contributed by atoms with Crippen LogP contribution in [0, 0.1) is 0 Å². The monoisotopic (exact) mass is 582 g/mol. The molecule has 0 unspecified atom stereocenters. The van der Waals surface area contributed by atoms with Gasteiger partial charge in [0.15, 0.2) is 20.1 Å². The molecule has 42 heavy (non-hydrogen) atoms. The van der Waals surface area contributed by atoms with Crippen molar-refractivity contribution in [1.29, 1.82) is 0 Å². The van der Waals surface area contributed by atoms with Gasteiger partial charge in [-0.05, 0) is 0 Å². The van der Waals surface area contributed by atoms with Crippen LogP contribution in [-0.2, 0) is 9.13 Å². The highest BCUT2D eigenvalue weighted by Crippen LogP contribution is 2.43. The molecule has 0 atom stereocenters. The van der Waals surface area contributed by atoms with E-state index in [2.05, 4.69) is 0 Å². The van der Waals surface area contributed by atoms with E-state index in [1.807, 2.05) is 121 Å². The second-order valence-electron chi connectivity index (χ2n) is 9.98. The van der Waals surface area contributed by atoms with Crippen LogP contribution in [0.5, 0.6) is 0 Å². The Morgan fingerprint density at radius 3 is 0.762 bits per heavy atom. The maximum atomic E-state index is 14.6. The van der Waals surface area contributed by atoms with Crippen LogP contribution in [0.25, 0.3) is 0 Å². The Hall–Kier alpha value is -4.55. The molecular formula is C37H28O3P2. The lowest BCUT2D eigenvalue weighted by Crippen LogP contribution is -2.25. The minimum Gasteiger partial charge on any atom is -0.309 e. The molecule has 3 nitrogen and oxygen atoms in total. The van der Waals surface area contributed by atoms with Gasteiger partial charge in [-0.1, -0.05) is 170 Å². The van der Waals surface area contributed by atoms with Crippen LogP contribution >= 0.6 is 14.3 Å². The van der Waals surface area contributed by atoms with E-state index >= 15 is 0 Å². The smallest absolute Gasteiger partial charge is 0.193 e. The van der Waals surface area contributed by atoms with Crippen LogP contribution in [0.3, 0.4) is 0 Å². The third-order valence-electron chi connectivity index (χ3n) is 7.47. The normalized spacial score (nSPS) is 11.6. The summed E-state index contributed by atoms with van der Waals surface area (Å²) in [4.78, 5) is 13.5. The first-order valence-corrected chi connectivity index (χ1v) is 17.1. The van der Waals surface area contributed by atoms with Crippen LogP contribution in [0.2, 0.25) is 0 Å². The van der Waals surface area contributed by atoms with Crippen LogP contribution in [0.1, 0.15) is 15.9 Å². The van der Waals surface area contributed by atoms with Crippen LogP contribution in [-0.4, -0.2) is 5.78 Å². The number of rotatable bonds is 8. The standard InChI is InChI=1S/C37H28O3P2/c38-37(29-21-25-35(26-22-29)41(39,31-13-5-1-6-14-31)32-15-7-2-8-16-32)30-23-27-36(28-24-30)42(40,33-17-9-3-10-18-33)34-19-11-4-12-20-34/h1-28H. The highest BCUT2D eigenvalue weighted by molar-refractivity contribution is 7.85. The molecule has 0 aliphatic carbocycles. The predicted octanol–water partition coefficient (Wildman–Crippen LogP) is 6.20. The van der Waals surface area contributed by atoms with Crippen molar-refractivity contribution in [3.8, 4) is 0 Å². The number of benzene rings is 6. The topological polar surface area (TPSA) is 51.2 Å². The van der Waals surface area contributed by atoms with Gasteiger partial charge >= 0.3 is 0 Å². The average Bonchev–Trinajstić information content (AvgIpc) is 3.09. The number of hydrogen-bond donors (Lipinski definition) is 0. The molecule has 0 N–H and O–H groups in total. The van der Waals surface area contributed by atoms with Gasteiger partial charge in [0, 0.05) is 43.0 Å². The molecule has 5 heteroatoms. The molecule has 6 aromatic rings. The van der Waals surface area contributed by atoms with Crippen molar-refractivity contribution in [3.63, 3.8) is 0 Å². The molecule has 6 aromatic carbocycles. The third kappa shape index (κ3) is 5.03.